The Morgan fingerprint density at radius 3 is 2.78 bits per heavy atom. The third kappa shape index (κ3) is 4.07. The van der Waals surface area contributed by atoms with E-state index in [1.165, 1.54) is 12.1 Å². The second-order valence-corrected chi connectivity index (χ2v) is 5.68. The Bertz CT molecular complexity index is 752. The zero-order chi connectivity index (χ0) is 16.4. The van der Waals surface area contributed by atoms with Crippen molar-refractivity contribution in [3.8, 4) is 0 Å². The zero-order valence-corrected chi connectivity index (χ0v) is 12.8. The van der Waals surface area contributed by atoms with Gasteiger partial charge in [-0.25, -0.2) is 9.37 Å². The predicted molar refractivity (Wildman–Crippen MR) is 84.8 cm³/mol. The summed E-state index contributed by atoms with van der Waals surface area (Å²) in [7, 11) is 0. The fourth-order valence-electron chi connectivity index (χ4n) is 2.07. The maximum Gasteiger partial charge on any atom is 0.322 e. The molecule has 3 N–H and O–H groups in total. The molecule has 1 aromatic heterocycles. The molecule has 1 fully saturated rings. The first-order chi connectivity index (χ1) is 11.0. The number of benzene rings is 1. The highest BCUT2D eigenvalue weighted by Gasteiger charge is 2.26. The fourth-order valence-corrected chi connectivity index (χ4v) is 2.25. The first-order valence-corrected chi connectivity index (χ1v) is 7.46. The van der Waals surface area contributed by atoms with Crippen LogP contribution < -0.4 is 10.6 Å². The van der Waals surface area contributed by atoms with Gasteiger partial charge in [-0.15, -0.1) is 0 Å². The van der Waals surface area contributed by atoms with Crippen LogP contribution in [0.5, 0.6) is 0 Å². The van der Waals surface area contributed by atoms with Gasteiger partial charge in [-0.1, -0.05) is 11.6 Å². The van der Waals surface area contributed by atoms with Crippen LogP contribution in [0, 0.1) is 5.82 Å². The van der Waals surface area contributed by atoms with E-state index in [1.54, 1.807) is 12.1 Å². The van der Waals surface area contributed by atoms with Crippen LogP contribution in [0.4, 0.5) is 21.8 Å². The Morgan fingerprint density at radius 2 is 2.13 bits per heavy atom. The van der Waals surface area contributed by atoms with E-state index in [-0.39, 0.29) is 17.5 Å². The molecule has 2 aromatic rings. The van der Waals surface area contributed by atoms with Crippen molar-refractivity contribution in [1.82, 2.24) is 9.97 Å². The highest BCUT2D eigenvalue weighted by Crippen LogP contribution is 2.40. The number of nitrogens with zero attached hydrogens (tertiary/aromatic N) is 2. The topological polar surface area (TPSA) is 87.1 Å². The molecule has 0 bridgehead atoms. The highest BCUT2D eigenvalue weighted by molar-refractivity contribution is 6.31. The Kier molecular flexibility index (Phi) is 4.29. The molecule has 0 unspecified atom stereocenters. The molecule has 0 spiro atoms. The Hall–Kier alpha value is -2.41. The van der Waals surface area contributed by atoms with Crippen molar-refractivity contribution in [2.75, 3.05) is 17.2 Å². The van der Waals surface area contributed by atoms with E-state index in [4.69, 9.17) is 16.7 Å². The van der Waals surface area contributed by atoms with Crippen LogP contribution in [0.25, 0.3) is 0 Å². The van der Waals surface area contributed by atoms with E-state index >= 15 is 0 Å². The molecule has 23 heavy (non-hydrogen) atoms. The Labute approximate surface area is 136 Å². The van der Waals surface area contributed by atoms with Gasteiger partial charge in [0, 0.05) is 17.7 Å². The summed E-state index contributed by atoms with van der Waals surface area (Å²) < 4.78 is 13.2. The molecule has 0 saturated heterocycles. The molecule has 0 radical (unpaired) electrons. The van der Waals surface area contributed by atoms with Crippen molar-refractivity contribution in [2.24, 2.45) is 0 Å². The number of aliphatic carboxylic acids is 1. The standard InChI is InChI=1S/C15H14ClFN4O2/c16-10-5-9(3-4-11(10)17)19-13-6-12(8-1-2-8)20-15(21-13)18-7-14(22)23/h3-6,8H,1-2,7H2,(H,22,23)(H2,18,19,20,21). The van der Waals surface area contributed by atoms with Crippen molar-refractivity contribution < 1.29 is 14.3 Å². The van der Waals surface area contributed by atoms with E-state index in [1.807, 2.05) is 0 Å². The highest BCUT2D eigenvalue weighted by atomic mass is 35.5. The molecule has 1 saturated carbocycles. The summed E-state index contributed by atoms with van der Waals surface area (Å²) in [6, 6.07) is 6.07. The summed E-state index contributed by atoms with van der Waals surface area (Å²) in [6.07, 6.45) is 2.11. The molecule has 0 atom stereocenters. The number of hydrogen-bond acceptors (Lipinski definition) is 5. The van der Waals surface area contributed by atoms with E-state index in [0.717, 1.165) is 18.5 Å². The number of hydrogen-bond donors (Lipinski definition) is 3. The predicted octanol–water partition coefficient (Wildman–Crippen LogP) is 3.39. The average Bonchev–Trinajstić information content (AvgIpc) is 3.33. The Balaban J connectivity index is 1.84. The van der Waals surface area contributed by atoms with E-state index in [2.05, 4.69) is 20.6 Å². The number of rotatable bonds is 6. The summed E-state index contributed by atoms with van der Waals surface area (Å²) in [5, 5.41) is 14.5. The lowest BCUT2D eigenvalue weighted by molar-refractivity contribution is -0.134. The van der Waals surface area contributed by atoms with E-state index in [0.29, 0.717) is 17.4 Å². The minimum Gasteiger partial charge on any atom is -0.480 e. The fraction of sp³-hybridized carbons (Fsp3) is 0.267. The zero-order valence-electron chi connectivity index (χ0n) is 12.0. The van der Waals surface area contributed by atoms with Gasteiger partial charge in [0.15, 0.2) is 0 Å². The summed E-state index contributed by atoms with van der Waals surface area (Å²) in [5.74, 6) is -0.377. The van der Waals surface area contributed by atoms with Crippen molar-refractivity contribution in [3.05, 3.63) is 40.8 Å². The largest absolute Gasteiger partial charge is 0.480 e. The van der Waals surface area contributed by atoms with Crippen LogP contribution in [-0.2, 0) is 4.79 Å². The van der Waals surface area contributed by atoms with E-state index in [9.17, 15) is 9.18 Å². The molecule has 3 rings (SSSR count). The molecule has 8 heteroatoms. The third-order valence-electron chi connectivity index (χ3n) is 3.33. The molecule has 1 aromatic carbocycles. The summed E-state index contributed by atoms with van der Waals surface area (Å²) in [6.45, 7) is -0.268. The second-order valence-electron chi connectivity index (χ2n) is 5.28. The first kappa shape index (κ1) is 15.5. The molecule has 6 nitrogen and oxygen atoms in total. The minimum absolute atomic E-state index is 0.00991. The second kappa shape index (κ2) is 6.37. The summed E-state index contributed by atoms with van der Waals surface area (Å²) in [5.41, 5.74) is 1.43. The van der Waals surface area contributed by atoms with Crippen LogP contribution in [0.3, 0.4) is 0 Å². The van der Waals surface area contributed by atoms with Gasteiger partial charge >= 0.3 is 5.97 Å². The van der Waals surface area contributed by atoms with Gasteiger partial charge in [0.2, 0.25) is 5.95 Å². The molecular weight excluding hydrogens is 323 g/mol. The van der Waals surface area contributed by atoms with Gasteiger partial charge < -0.3 is 15.7 Å². The lowest BCUT2D eigenvalue weighted by Crippen LogP contribution is -2.15. The first-order valence-electron chi connectivity index (χ1n) is 7.08. The average molecular weight is 337 g/mol. The molecule has 1 aliphatic rings. The minimum atomic E-state index is -0.995. The third-order valence-corrected chi connectivity index (χ3v) is 3.62. The SMILES string of the molecule is O=C(O)CNc1nc(Nc2ccc(F)c(Cl)c2)cc(C2CC2)n1. The van der Waals surface area contributed by atoms with Crippen LogP contribution in [-0.4, -0.2) is 27.6 Å². The van der Waals surface area contributed by atoms with Gasteiger partial charge in [-0.05, 0) is 31.0 Å². The number of aromatic nitrogens is 2. The lowest BCUT2D eigenvalue weighted by atomic mass is 10.2. The number of anilines is 3. The maximum absolute atomic E-state index is 13.2. The lowest BCUT2D eigenvalue weighted by Gasteiger charge is -2.10. The summed E-state index contributed by atoms with van der Waals surface area (Å²) in [4.78, 5) is 19.2. The number of carboxylic acid groups (broad SMARTS) is 1. The van der Waals surface area contributed by atoms with Gasteiger partial charge in [-0.2, -0.15) is 4.98 Å². The van der Waals surface area contributed by atoms with Crippen molar-refractivity contribution in [1.29, 1.82) is 0 Å². The molecule has 120 valence electrons. The van der Waals surface area contributed by atoms with Gasteiger partial charge in [0.05, 0.1) is 10.7 Å². The molecular formula is C15H14ClFN4O2. The van der Waals surface area contributed by atoms with Crippen LogP contribution in [0.1, 0.15) is 24.5 Å². The molecule has 1 heterocycles. The number of nitrogens with one attached hydrogen (secondary N) is 2. The van der Waals surface area contributed by atoms with Crippen LogP contribution >= 0.6 is 11.6 Å². The maximum atomic E-state index is 13.2. The van der Waals surface area contributed by atoms with Gasteiger partial charge in [0.25, 0.3) is 0 Å². The van der Waals surface area contributed by atoms with Gasteiger partial charge in [0.1, 0.15) is 18.2 Å². The normalized spacial score (nSPS) is 13.7. The number of carbonyl (C=O) groups is 1. The number of carboxylic acids is 1. The van der Waals surface area contributed by atoms with Crippen LogP contribution in [0.2, 0.25) is 5.02 Å². The van der Waals surface area contributed by atoms with E-state index < -0.39 is 11.8 Å². The molecule has 1 aliphatic carbocycles. The monoisotopic (exact) mass is 336 g/mol. The van der Waals surface area contributed by atoms with Crippen molar-refractivity contribution in [2.45, 2.75) is 18.8 Å². The molecule has 0 amide bonds. The molecule has 0 aliphatic heterocycles. The number of halogens is 2. The Morgan fingerprint density at radius 1 is 1.35 bits per heavy atom. The van der Waals surface area contributed by atoms with Crippen LogP contribution in [0.15, 0.2) is 24.3 Å². The van der Waals surface area contributed by atoms with Crippen molar-refractivity contribution >= 4 is 35.0 Å². The van der Waals surface area contributed by atoms with Gasteiger partial charge in [-0.3, -0.25) is 4.79 Å². The smallest absolute Gasteiger partial charge is 0.322 e. The summed E-state index contributed by atoms with van der Waals surface area (Å²) >= 11 is 5.76. The van der Waals surface area contributed by atoms with Crippen molar-refractivity contribution in [3.63, 3.8) is 0 Å². The quantitative estimate of drug-likeness (QED) is 0.749.